The third-order valence-corrected chi connectivity index (χ3v) is 8.59. The number of pyridine rings is 2. The van der Waals surface area contributed by atoms with E-state index in [0.29, 0.717) is 30.9 Å². The number of phenolic OH excluding ortho intramolecular Hbond substituents is 1. The van der Waals surface area contributed by atoms with Crippen molar-refractivity contribution in [3.8, 4) is 39.5 Å². The molecule has 228 valence electrons. The van der Waals surface area contributed by atoms with Gasteiger partial charge in [-0.2, -0.15) is 10.2 Å². The summed E-state index contributed by atoms with van der Waals surface area (Å²) in [6.07, 6.45) is 6.46. The topological polar surface area (TPSA) is 131 Å². The Balaban J connectivity index is 0.000000163. The van der Waals surface area contributed by atoms with Gasteiger partial charge in [0.15, 0.2) is 0 Å². The lowest BCUT2D eigenvalue weighted by atomic mass is 10.0. The number of H-pyrrole nitrogens is 1. The van der Waals surface area contributed by atoms with Gasteiger partial charge < -0.3 is 20.5 Å². The minimum atomic E-state index is 0.255. The van der Waals surface area contributed by atoms with Crippen molar-refractivity contribution in [2.75, 3.05) is 24.7 Å². The van der Waals surface area contributed by atoms with E-state index in [-0.39, 0.29) is 6.04 Å². The first-order valence-corrected chi connectivity index (χ1v) is 15.2. The fourth-order valence-corrected chi connectivity index (χ4v) is 5.99. The van der Waals surface area contributed by atoms with Gasteiger partial charge in [-0.3, -0.25) is 14.8 Å². The van der Waals surface area contributed by atoms with Crippen molar-refractivity contribution >= 4 is 16.7 Å². The summed E-state index contributed by atoms with van der Waals surface area (Å²) in [5.74, 6) is 1.78. The second kappa shape index (κ2) is 12.1. The molecule has 1 saturated carbocycles. The van der Waals surface area contributed by atoms with Crippen LogP contribution in [0.1, 0.15) is 24.8 Å². The Hall–Kier alpha value is -5.06. The molecule has 0 spiro atoms. The normalized spacial score (nSPS) is 19.3. The van der Waals surface area contributed by atoms with Crippen LogP contribution in [-0.2, 0) is 11.8 Å². The summed E-state index contributed by atoms with van der Waals surface area (Å²) in [7, 11) is 1.95. The molecule has 5 heterocycles. The monoisotopic (exact) mass is 600 g/mol. The highest BCUT2D eigenvalue weighted by atomic mass is 16.5. The molecule has 2 fully saturated rings. The average Bonchev–Trinajstić information content (AvgIpc) is 3.39. The quantitative estimate of drug-likeness (QED) is 0.236. The van der Waals surface area contributed by atoms with Gasteiger partial charge in [-0.15, -0.1) is 0 Å². The number of aromatic hydroxyl groups is 1. The molecule has 3 unspecified atom stereocenters. The lowest BCUT2D eigenvalue weighted by Gasteiger charge is -2.34. The summed E-state index contributed by atoms with van der Waals surface area (Å²) >= 11 is 0. The highest BCUT2D eigenvalue weighted by Gasteiger charge is 2.34. The Morgan fingerprint density at radius 1 is 0.978 bits per heavy atom. The zero-order chi connectivity index (χ0) is 30.9. The van der Waals surface area contributed by atoms with Gasteiger partial charge in [0.25, 0.3) is 0 Å². The Kier molecular flexibility index (Phi) is 7.74. The van der Waals surface area contributed by atoms with Crippen LogP contribution in [0.25, 0.3) is 44.7 Å². The number of hydrogen-bond donors (Lipinski definition) is 3. The van der Waals surface area contributed by atoms with Crippen molar-refractivity contribution in [1.82, 2.24) is 29.9 Å². The molecule has 1 aliphatic heterocycles. The molecule has 1 saturated heterocycles. The molecule has 1 aliphatic carbocycles. The summed E-state index contributed by atoms with van der Waals surface area (Å²) in [5, 5.41) is 21.9. The van der Waals surface area contributed by atoms with Gasteiger partial charge in [-0.1, -0.05) is 36.4 Å². The molecule has 6 aromatic rings. The Morgan fingerprint density at radius 3 is 2.51 bits per heavy atom. The molecule has 0 bridgehead atoms. The Labute approximate surface area is 261 Å². The predicted octanol–water partition coefficient (Wildman–Crippen LogP) is 5.52. The minimum Gasteiger partial charge on any atom is -0.508 e. The van der Waals surface area contributed by atoms with Crippen LogP contribution in [0.3, 0.4) is 0 Å². The minimum absolute atomic E-state index is 0.255. The van der Waals surface area contributed by atoms with E-state index >= 15 is 0 Å². The molecule has 4 N–H and O–H groups in total. The molecule has 3 atom stereocenters. The molecule has 10 heteroatoms. The standard InChI is InChI=1S/C20H21N7O.C15H15NO/c1-13-12-28-10-9-27(13)18-11-15(17-5-8-23-26(17)2)14-3-6-21-20(19(14)24-18)16-4-7-22-25-16;16-15-9-14(15)11-6-4-10(5-7-11)12-2-1-3-13(17)8-12/h3-8,11,13H,9-10,12H2,1-2H3,(H,22,25);1-8,14-15,17H,9,16H2. The fourth-order valence-electron chi connectivity index (χ4n) is 5.99. The van der Waals surface area contributed by atoms with Gasteiger partial charge in [0.05, 0.1) is 30.6 Å². The molecule has 8 rings (SSSR count). The van der Waals surface area contributed by atoms with E-state index in [9.17, 15) is 5.11 Å². The number of phenols is 1. The second-order valence-corrected chi connectivity index (χ2v) is 11.7. The number of anilines is 1. The van der Waals surface area contributed by atoms with Crippen LogP contribution in [0.2, 0.25) is 0 Å². The van der Waals surface area contributed by atoms with E-state index in [2.05, 4.69) is 62.4 Å². The van der Waals surface area contributed by atoms with Crippen molar-refractivity contribution in [2.45, 2.75) is 31.3 Å². The number of aromatic amines is 1. The van der Waals surface area contributed by atoms with Crippen LogP contribution >= 0.6 is 0 Å². The SMILES string of the molecule is CC1COCCN1c1cc(-c2ccnn2C)c2ccnc(-c3ccn[nH]3)c2n1.NC1CC1c1ccc(-c2cccc(O)c2)cc1. The zero-order valence-electron chi connectivity index (χ0n) is 25.3. The van der Waals surface area contributed by atoms with Crippen LogP contribution in [0, 0.1) is 0 Å². The molecule has 2 aromatic carbocycles. The van der Waals surface area contributed by atoms with Gasteiger partial charge in [-0.25, -0.2) is 4.98 Å². The fraction of sp³-hybridized carbons (Fsp3) is 0.257. The second-order valence-electron chi connectivity index (χ2n) is 11.7. The third-order valence-electron chi connectivity index (χ3n) is 8.59. The van der Waals surface area contributed by atoms with Crippen molar-refractivity contribution in [3.05, 3.63) is 97.0 Å². The number of morpholine rings is 1. The van der Waals surface area contributed by atoms with Gasteiger partial charge in [-0.05, 0) is 66.4 Å². The number of ether oxygens (including phenoxy) is 1. The molecule has 45 heavy (non-hydrogen) atoms. The van der Waals surface area contributed by atoms with Crippen molar-refractivity contribution in [1.29, 1.82) is 0 Å². The molecule has 2 aliphatic rings. The summed E-state index contributed by atoms with van der Waals surface area (Å²) in [6, 6.07) is 24.5. The van der Waals surface area contributed by atoms with Crippen LogP contribution < -0.4 is 10.6 Å². The first kappa shape index (κ1) is 28.7. The lowest BCUT2D eigenvalue weighted by Crippen LogP contribution is -2.44. The van der Waals surface area contributed by atoms with E-state index in [4.69, 9.17) is 15.5 Å². The maximum Gasteiger partial charge on any atom is 0.130 e. The number of nitrogens with one attached hydrogen (secondary N) is 1. The molecule has 10 nitrogen and oxygen atoms in total. The highest BCUT2D eigenvalue weighted by Crippen LogP contribution is 2.39. The number of fused-ring (bicyclic) bond motifs is 1. The molecule has 4 aromatic heterocycles. The van der Waals surface area contributed by atoms with Gasteiger partial charge in [0.1, 0.15) is 22.8 Å². The maximum atomic E-state index is 9.45. The molecule has 0 amide bonds. The number of hydrogen-bond acceptors (Lipinski definition) is 8. The third kappa shape index (κ3) is 5.90. The van der Waals surface area contributed by atoms with Crippen molar-refractivity contribution < 1.29 is 9.84 Å². The Bertz CT molecular complexity index is 1920. The van der Waals surface area contributed by atoms with E-state index < -0.39 is 0 Å². The maximum absolute atomic E-state index is 9.45. The van der Waals surface area contributed by atoms with E-state index in [1.807, 2.05) is 54.5 Å². The number of nitrogens with zero attached hydrogens (tertiary/aromatic N) is 6. The number of rotatable bonds is 5. The van der Waals surface area contributed by atoms with Gasteiger partial charge in [0, 0.05) is 55.1 Å². The van der Waals surface area contributed by atoms with Gasteiger partial charge in [0.2, 0.25) is 0 Å². The van der Waals surface area contributed by atoms with Crippen LogP contribution in [-0.4, -0.2) is 66.9 Å². The number of nitrogens with two attached hydrogens (primary N) is 1. The molecular weight excluding hydrogens is 564 g/mol. The van der Waals surface area contributed by atoms with Crippen molar-refractivity contribution in [3.63, 3.8) is 0 Å². The first-order valence-electron chi connectivity index (χ1n) is 15.2. The van der Waals surface area contributed by atoms with Crippen LogP contribution in [0.5, 0.6) is 5.75 Å². The van der Waals surface area contributed by atoms with Crippen LogP contribution in [0.4, 0.5) is 5.82 Å². The molecular formula is C35H36N8O2. The Morgan fingerprint density at radius 2 is 1.82 bits per heavy atom. The van der Waals surface area contributed by atoms with Crippen LogP contribution in [0.15, 0.2) is 91.4 Å². The molecule has 0 radical (unpaired) electrons. The number of benzene rings is 2. The number of aromatic nitrogens is 6. The summed E-state index contributed by atoms with van der Waals surface area (Å²) < 4.78 is 7.50. The van der Waals surface area contributed by atoms with E-state index in [1.165, 1.54) is 5.56 Å². The largest absolute Gasteiger partial charge is 0.508 e. The summed E-state index contributed by atoms with van der Waals surface area (Å²) in [4.78, 5) is 11.9. The van der Waals surface area contributed by atoms with Crippen molar-refractivity contribution in [2.24, 2.45) is 12.8 Å². The highest BCUT2D eigenvalue weighted by molar-refractivity contribution is 6.01. The van der Waals surface area contributed by atoms with E-state index in [1.54, 1.807) is 18.3 Å². The zero-order valence-corrected chi connectivity index (χ0v) is 25.3. The lowest BCUT2D eigenvalue weighted by molar-refractivity contribution is 0.0986. The smallest absolute Gasteiger partial charge is 0.130 e. The summed E-state index contributed by atoms with van der Waals surface area (Å²) in [6.45, 7) is 4.37. The number of aryl methyl sites for hydroxylation is 1. The predicted molar refractivity (Wildman–Crippen MR) is 176 cm³/mol. The average molecular weight is 601 g/mol. The van der Waals surface area contributed by atoms with Gasteiger partial charge >= 0.3 is 0 Å². The summed E-state index contributed by atoms with van der Waals surface area (Å²) in [5.41, 5.74) is 13.9. The van der Waals surface area contributed by atoms with E-state index in [0.717, 1.165) is 63.5 Å². The first-order chi connectivity index (χ1) is 22.0.